The minimum atomic E-state index is -0.116. The third-order valence-electron chi connectivity index (χ3n) is 5.41. The summed E-state index contributed by atoms with van der Waals surface area (Å²) in [6.07, 6.45) is 3.70. The van der Waals surface area contributed by atoms with E-state index in [1.54, 1.807) is 17.3 Å². The molecule has 5 rings (SSSR count). The van der Waals surface area contributed by atoms with Gasteiger partial charge in [0.1, 0.15) is 0 Å². The van der Waals surface area contributed by atoms with Gasteiger partial charge in [0.25, 0.3) is 0 Å². The van der Waals surface area contributed by atoms with Crippen molar-refractivity contribution in [3.63, 3.8) is 0 Å². The van der Waals surface area contributed by atoms with Gasteiger partial charge in [-0.2, -0.15) is 10.1 Å². The van der Waals surface area contributed by atoms with Gasteiger partial charge in [-0.3, -0.25) is 14.8 Å². The minimum absolute atomic E-state index is 0.0312. The zero-order valence-corrected chi connectivity index (χ0v) is 16.0. The average Bonchev–Trinajstić information content (AvgIpc) is 3.49. The monoisotopic (exact) mass is 394 g/mol. The van der Waals surface area contributed by atoms with Crippen LogP contribution in [0.2, 0.25) is 0 Å². The molecule has 2 aliphatic rings. The first-order valence-electron chi connectivity index (χ1n) is 9.78. The molecule has 0 saturated carbocycles. The predicted molar refractivity (Wildman–Crippen MR) is 104 cm³/mol. The number of anilines is 1. The van der Waals surface area contributed by atoms with Crippen molar-refractivity contribution < 1.29 is 14.1 Å². The lowest BCUT2D eigenvalue weighted by Gasteiger charge is -2.26. The lowest BCUT2D eigenvalue weighted by molar-refractivity contribution is -0.117. The van der Waals surface area contributed by atoms with Gasteiger partial charge in [0.05, 0.1) is 31.0 Å². The van der Waals surface area contributed by atoms with Crippen LogP contribution in [0.3, 0.4) is 0 Å². The third-order valence-corrected chi connectivity index (χ3v) is 5.41. The molecule has 9 heteroatoms. The fourth-order valence-electron chi connectivity index (χ4n) is 3.86. The van der Waals surface area contributed by atoms with Crippen molar-refractivity contribution in [2.24, 2.45) is 0 Å². The number of morpholine rings is 1. The highest BCUT2D eigenvalue weighted by atomic mass is 16.5. The van der Waals surface area contributed by atoms with E-state index in [-0.39, 0.29) is 11.8 Å². The fraction of sp³-hybridized carbons (Fsp3) is 0.400. The van der Waals surface area contributed by atoms with Gasteiger partial charge in [-0.1, -0.05) is 23.4 Å². The van der Waals surface area contributed by atoms with Crippen LogP contribution in [0.5, 0.6) is 0 Å². The molecule has 0 bridgehead atoms. The van der Waals surface area contributed by atoms with E-state index in [1.165, 1.54) is 5.56 Å². The highest BCUT2D eigenvalue weighted by Crippen LogP contribution is 2.31. The molecule has 29 heavy (non-hydrogen) atoms. The number of hydrogen-bond donors (Lipinski definition) is 1. The second kappa shape index (κ2) is 7.76. The predicted octanol–water partition coefficient (Wildman–Crippen LogP) is 1.81. The molecule has 1 N–H and O–H groups in total. The van der Waals surface area contributed by atoms with Gasteiger partial charge >= 0.3 is 0 Å². The summed E-state index contributed by atoms with van der Waals surface area (Å²) in [7, 11) is 0. The highest BCUT2D eigenvalue weighted by Gasteiger charge is 2.35. The summed E-state index contributed by atoms with van der Waals surface area (Å²) in [5, 5.41) is 10.8. The molecule has 0 radical (unpaired) electrons. The second-order valence-electron chi connectivity index (χ2n) is 7.41. The molecular weight excluding hydrogens is 372 g/mol. The van der Waals surface area contributed by atoms with Crippen LogP contribution in [0.1, 0.15) is 23.8 Å². The molecule has 2 aliphatic heterocycles. The molecule has 0 spiro atoms. The summed E-state index contributed by atoms with van der Waals surface area (Å²) in [6, 6.07) is 8.20. The molecule has 3 aromatic rings. The lowest BCUT2D eigenvalue weighted by atomic mass is 10.1. The van der Waals surface area contributed by atoms with Crippen molar-refractivity contribution in [1.29, 1.82) is 0 Å². The summed E-state index contributed by atoms with van der Waals surface area (Å²) in [5.41, 5.74) is 2.88. The fourth-order valence-corrected chi connectivity index (χ4v) is 3.86. The number of aromatic nitrogens is 4. The normalized spacial score (nSPS) is 20.5. The number of ether oxygens (including phenoxy) is 1. The van der Waals surface area contributed by atoms with E-state index in [0.29, 0.717) is 24.7 Å². The van der Waals surface area contributed by atoms with Crippen molar-refractivity contribution in [3.8, 4) is 11.4 Å². The van der Waals surface area contributed by atoms with E-state index >= 15 is 0 Å². The van der Waals surface area contributed by atoms with Crippen LogP contribution in [0.15, 0.2) is 41.2 Å². The quantitative estimate of drug-likeness (QED) is 0.704. The first kappa shape index (κ1) is 18.0. The van der Waals surface area contributed by atoms with E-state index in [2.05, 4.69) is 37.4 Å². The Morgan fingerprint density at radius 1 is 1.24 bits per heavy atom. The van der Waals surface area contributed by atoms with Gasteiger partial charge < -0.3 is 14.2 Å². The van der Waals surface area contributed by atoms with Crippen LogP contribution in [0.25, 0.3) is 11.4 Å². The maximum Gasteiger partial charge on any atom is 0.232 e. The Bertz CT molecular complexity index is 980. The second-order valence-corrected chi connectivity index (χ2v) is 7.41. The standard InChI is InChI=1S/C20H22N6O3/c27-18-9-16(13-26(18)17-10-21-22-11-17)20-23-19(24-29-20)15-3-1-2-14(8-15)12-25-4-6-28-7-5-25/h1-3,8,10-11,16H,4-7,9,12-13H2,(H,21,22)/t16-/m0/s1. The topological polar surface area (TPSA) is 100 Å². The number of amides is 1. The third kappa shape index (κ3) is 3.79. The number of H-pyrrole nitrogens is 1. The molecule has 4 heterocycles. The summed E-state index contributed by atoms with van der Waals surface area (Å²) in [5.74, 6) is 0.967. The molecule has 0 unspecified atom stereocenters. The molecular formula is C20H22N6O3. The average molecular weight is 394 g/mol. The summed E-state index contributed by atoms with van der Waals surface area (Å²) in [6.45, 7) is 4.84. The Morgan fingerprint density at radius 2 is 2.14 bits per heavy atom. The minimum Gasteiger partial charge on any atom is -0.379 e. The Labute approximate surface area is 167 Å². The molecule has 9 nitrogen and oxygen atoms in total. The van der Waals surface area contributed by atoms with Gasteiger partial charge in [0, 0.05) is 44.4 Å². The molecule has 1 amide bonds. The van der Waals surface area contributed by atoms with E-state index in [4.69, 9.17) is 9.26 Å². The van der Waals surface area contributed by atoms with Gasteiger partial charge in [0.15, 0.2) is 0 Å². The van der Waals surface area contributed by atoms with Gasteiger partial charge in [-0.15, -0.1) is 0 Å². The molecule has 2 aromatic heterocycles. The van der Waals surface area contributed by atoms with Crippen molar-refractivity contribution in [2.45, 2.75) is 18.9 Å². The number of benzene rings is 1. The molecule has 1 atom stereocenters. The number of hydrogen-bond acceptors (Lipinski definition) is 7. The van der Waals surface area contributed by atoms with Crippen LogP contribution >= 0.6 is 0 Å². The molecule has 1 aromatic carbocycles. The van der Waals surface area contributed by atoms with Crippen molar-refractivity contribution in [1.82, 2.24) is 25.2 Å². The van der Waals surface area contributed by atoms with Crippen molar-refractivity contribution in [3.05, 3.63) is 48.1 Å². The van der Waals surface area contributed by atoms with Crippen molar-refractivity contribution in [2.75, 3.05) is 37.7 Å². The smallest absolute Gasteiger partial charge is 0.232 e. The van der Waals surface area contributed by atoms with Crippen LogP contribution in [-0.4, -0.2) is 64.0 Å². The largest absolute Gasteiger partial charge is 0.379 e. The summed E-state index contributed by atoms with van der Waals surface area (Å²) in [4.78, 5) is 21.0. The maximum absolute atomic E-state index is 12.3. The summed E-state index contributed by atoms with van der Waals surface area (Å²) < 4.78 is 10.9. The van der Waals surface area contributed by atoms with Gasteiger partial charge in [0.2, 0.25) is 17.6 Å². The van der Waals surface area contributed by atoms with Crippen LogP contribution < -0.4 is 4.90 Å². The number of carbonyl (C=O) groups excluding carboxylic acids is 1. The molecule has 2 fully saturated rings. The molecule has 0 aliphatic carbocycles. The number of nitrogens with zero attached hydrogens (tertiary/aromatic N) is 5. The Kier molecular flexibility index (Phi) is 4.82. The first-order valence-corrected chi connectivity index (χ1v) is 9.78. The maximum atomic E-state index is 12.3. The van der Waals surface area contributed by atoms with E-state index in [9.17, 15) is 4.79 Å². The van der Waals surface area contributed by atoms with E-state index in [0.717, 1.165) is 44.1 Å². The zero-order chi connectivity index (χ0) is 19.6. The van der Waals surface area contributed by atoms with E-state index in [1.807, 2.05) is 12.1 Å². The Morgan fingerprint density at radius 3 is 2.97 bits per heavy atom. The highest BCUT2D eigenvalue weighted by molar-refractivity contribution is 5.96. The SMILES string of the molecule is O=C1C[C@H](c2nc(-c3cccc(CN4CCOCC4)c3)no2)CN1c1cn[nH]c1. The molecule has 150 valence electrons. The zero-order valence-electron chi connectivity index (χ0n) is 16.0. The van der Waals surface area contributed by atoms with Crippen molar-refractivity contribution >= 4 is 11.6 Å². The van der Waals surface area contributed by atoms with Gasteiger partial charge in [-0.25, -0.2) is 0 Å². The lowest BCUT2D eigenvalue weighted by Crippen LogP contribution is -2.35. The molecule has 2 saturated heterocycles. The van der Waals surface area contributed by atoms with Crippen LogP contribution in [-0.2, 0) is 16.1 Å². The van der Waals surface area contributed by atoms with Crippen LogP contribution in [0, 0.1) is 0 Å². The Balaban J connectivity index is 1.30. The van der Waals surface area contributed by atoms with Crippen LogP contribution in [0.4, 0.5) is 5.69 Å². The summed E-state index contributed by atoms with van der Waals surface area (Å²) >= 11 is 0. The first-order chi connectivity index (χ1) is 14.3. The van der Waals surface area contributed by atoms with Gasteiger partial charge in [-0.05, 0) is 11.6 Å². The number of rotatable bonds is 5. The van der Waals surface area contributed by atoms with E-state index < -0.39 is 0 Å². The number of aromatic amines is 1. The Hall–Kier alpha value is -3.04. The number of carbonyl (C=O) groups is 1. The number of nitrogens with one attached hydrogen (secondary N) is 1.